The van der Waals surface area contributed by atoms with Gasteiger partial charge in [0.05, 0.1) is 5.56 Å². The summed E-state index contributed by atoms with van der Waals surface area (Å²) in [5.41, 5.74) is 7.82. The highest BCUT2D eigenvalue weighted by Gasteiger charge is 2.07. The molecule has 0 aliphatic heterocycles. The quantitative estimate of drug-likeness (QED) is 0.534. The number of carboxylic acid groups (broad SMARTS) is 1. The zero-order valence-corrected chi connectivity index (χ0v) is 6.98. The van der Waals surface area contributed by atoms with Gasteiger partial charge in [-0.3, -0.25) is 0 Å². The van der Waals surface area contributed by atoms with Crippen molar-refractivity contribution in [3.8, 4) is 0 Å². The fourth-order valence-electron chi connectivity index (χ4n) is 1.01. The fourth-order valence-corrected chi connectivity index (χ4v) is 1.01. The van der Waals surface area contributed by atoms with E-state index in [4.69, 9.17) is 10.6 Å². The summed E-state index contributed by atoms with van der Waals surface area (Å²) in [6.45, 7) is 1.67. The van der Waals surface area contributed by atoms with Gasteiger partial charge >= 0.3 is 5.97 Å². The molecule has 1 aromatic carbocycles. The van der Waals surface area contributed by atoms with Crippen LogP contribution in [0.1, 0.15) is 15.9 Å². The minimum Gasteiger partial charge on any atom is -0.478 e. The van der Waals surface area contributed by atoms with Crippen LogP contribution in [0.25, 0.3) is 0 Å². The molecule has 0 saturated carbocycles. The molecule has 1 aromatic rings. The minimum absolute atomic E-state index is 0.240. The first-order valence-corrected chi connectivity index (χ1v) is 3.56. The number of benzene rings is 1. The summed E-state index contributed by atoms with van der Waals surface area (Å²) < 4.78 is 0. The van der Waals surface area contributed by atoms with E-state index in [1.54, 1.807) is 13.0 Å². The van der Waals surface area contributed by atoms with Crippen molar-refractivity contribution < 1.29 is 9.90 Å². The number of hydrogen-bond acceptors (Lipinski definition) is 3. The van der Waals surface area contributed by atoms with Gasteiger partial charge < -0.3 is 5.11 Å². The molecular formula is C8H8N3O2+. The molecule has 13 heavy (non-hydrogen) atoms. The normalized spacial score (nSPS) is 9.00. The van der Waals surface area contributed by atoms with Crippen molar-refractivity contribution in [3.63, 3.8) is 0 Å². The Hall–Kier alpha value is -2.00. The summed E-state index contributed by atoms with van der Waals surface area (Å²) >= 11 is 0. The van der Waals surface area contributed by atoms with Gasteiger partial charge in [0.25, 0.3) is 0 Å². The summed E-state index contributed by atoms with van der Waals surface area (Å²) in [7, 11) is 0. The summed E-state index contributed by atoms with van der Waals surface area (Å²) in [6.07, 6.45) is 0. The third-order valence-corrected chi connectivity index (χ3v) is 1.61. The van der Waals surface area contributed by atoms with Gasteiger partial charge in [-0.05, 0) is 30.7 Å². The molecule has 5 nitrogen and oxygen atoms in total. The van der Waals surface area contributed by atoms with Crippen molar-refractivity contribution in [2.75, 3.05) is 0 Å². The van der Waals surface area contributed by atoms with Crippen LogP contribution in [-0.2, 0) is 0 Å². The largest absolute Gasteiger partial charge is 0.478 e. The number of nitrogens with zero attached hydrogens (tertiary/aromatic N) is 2. The summed E-state index contributed by atoms with van der Waals surface area (Å²) in [5, 5.41) is 12.2. The van der Waals surface area contributed by atoms with Crippen LogP contribution in [0.15, 0.2) is 23.3 Å². The Morgan fingerprint density at radius 2 is 2.31 bits per heavy atom. The Morgan fingerprint density at radius 1 is 1.62 bits per heavy atom. The van der Waals surface area contributed by atoms with Crippen LogP contribution in [0.3, 0.4) is 0 Å². The van der Waals surface area contributed by atoms with Crippen LogP contribution in [0, 0.1) is 12.5 Å². The lowest BCUT2D eigenvalue weighted by Crippen LogP contribution is -1.98. The molecule has 0 aliphatic carbocycles. The average Bonchev–Trinajstić information content (AvgIpc) is 2.04. The van der Waals surface area contributed by atoms with E-state index in [0.717, 1.165) is 0 Å². The lowest BCUT2D eigenvalue weighted by Gasteiger charge is -1.97. The zero-order chi connectivity index (χ0) is 9.84. The van der Waals surface area contributed by atoms with Crippen LogP contribution in [-0.4, -0.2) is 11.1 Å². The minimum atomic E-state index is -0.966. The standard InChI is InChI=1S/C8H7N3O2/c1-5-4-6(10-11-9)2-3-7(5)8(12)13/h2-4,9H,1H3/p+1. The predicted molar refractivity (Wildman–Crippen MR) is 45.1 cm³/mol. The second-order valence-electron chi connectivity index (χ2n) is 2.50. The van der Waals surface area contributed by atoms with E-state index >= 15 is 0 Å². The van der Waals surface area contributed by atoms with Gasteiger partial charge in [0.15, 0.2) is 10.8 Å². The number of rotatable bonds is 2. The van der Waals surface area contributed by atoms with Crippen LogP contribution in [0.2, 0.25) is 0 Å². The van der Waals surface area contributed by atoms with Crippen molar-refractivity contribution in [2.24, 2.45) is 5.11 Å². The Morgan fingerprint density at radius 3 is 2.77 bits per heavy atom. The third kappa shape index (κ3) is 1.98. The first kappa shape index (κ1) is 9.09. The molecule has 0 fully saturated rings. The molecule has 0 heterocycles. The SMILES string of the molecule is Cc1cc(N=[N+]=N)ccc1C(=O)O. The molecule has 0 radical (unpaired) electrons. The topological polar surface area (TPSA) is 87.6 Å². The van der Waals surface area contributed by atoms with Crippen LogP contribution >= 0.6 is 0 Å². The van der Waals surface area contributed by atoms with Gasteiger partial charge in [0.1, 0.15) is 5.53 Å². The Labute approximate surface area is 74.3 Å². The Balaban J connectivity index is 3.19. The number of carbonyl (C=O) groups is 1. The third-order valence-electron chi connectivity index (χ3n) is 1.61. The van der Waals surface area contributed by atoms with E-state index < -0.39 is 5.97 Å². The van der Waals surface area contributed by atoms with Crippen molar-refractivity contribution in [2.45, 2.75) is 6.92 Å². The predicted octanol–water partition coefficient (Wildman–Crippen LogP) is 1.88. The molecule has 0 amide bonds. The molecule has 0 unspecified atom stereocenters. The molecule has 0 bridgehead atoms. The maximum absolute atomic E-state index is 10.6. The summed E-state index contributed by atoms with van der Waals surface area (Å²) in [4.78, 5) is 13.4. The van der Waals surface area contributed by atoms with Crippen LogP contribution in [0.4, 0.5) is 5.69 Å². The zero-order valence-electron chi connectivity index (χ0n) is 6.98. The van der Waals surface area contributed by atoms with E-state index in [1.165, 1.54) is 12.1 Å². The molecule has 5 heteroatoms. The van der Waals surface area contributed by atoms with E-state index in [-0.39, 0.29) is 5.56 Å². The van der Waals surface area contributed by atoms with Crippen molar-refractivity contribution >= 4 is 11.7 Å². The smallest absolute Gasteiger partial charge is 0.335 e. The van der Waals surface area contributed by atoms with Gasteiger partial charge in [-0.2, -0.15) is 0 Å². The monoisotopic (exact) mass is 178 g/mol. The highest BCUT2D eigenvalue weighted by molar-refractivity contribution is 5.89. The van der Waals surface area contributed by atoms with Gasteiger partial charge in [-0.15, -0.1) is 0 Å². The van der Waals surface area contributed by atoms with E-state index in [1.807, 2.05) is 0 Å². The molecule has 0 spiro atoms. The second-order valence-corrected chi connectivity index (χ2v) is 2.50. The molecular weight excluding hydrogens is 170 g/mol. The van der Waals surface area contributed by atoms with Crippen molar-refractivity contribution in [1.29, 1.82) is 5.53 Å². The highest BCUT2D eigenvalue weighted by atomic mass is 16.4. The summed E-state index contributed by atoms with van der Waals surface area (Å²) in [6, 6.07) is 4.53. The van der Waals surface area contributed by atoms with Gasteiger partial charge in [-0.1, -0.05) is 0 Å². The number of aromatic carboxylic acids is 1. The maximum Gasteiger partial charge on any atom is 0.335 e. The molecule has 0 saturated heterocycles. The average molecular weight is 178 g/mol. The highest BCUT2D eigenvalue weighted by Crippen LogP contribution is 2.16. The summed E-state index contributed by atoms with van der Waals surface area (Å²) in [5.74, 6) is -0.966. The number of hydrogen-bond donors (Lipinski definition) is 2. The lowest BCUT2D eigenvalue weighted by molar-refractivity contribution is 0.0696. The van der Waals surface area contributed by atoms with Crippen molar-refractivity contribution in [3.05, 3.63) is 29.3 Å². The van der Waals surface area contributed by atoms with Gasteiger partial charge in [-0.25, -0.2) is 4.79 Å². The van der Waals surface area contributed by atoms with Crippen molar-refractivity contribution in [1.82, 2.24) is 4.91 Å². The fraction of sp³-hybridized carbons (Fsp3) is 0.125. The maximum atomic E-state index is 10.6. The Kier molecular flexibility index (Phi) is 2.52. The van der Waals surface area contributed by atoms with Gasteiger partial charge in [0, 0.05) is 0 Å². The molecule has 0 atom stereocenters. The molecule has 2 N–H and O–H groups in total. The lowest BCUT2D eigenvalue weighted by atomic mass is 10.1. The second kappa shape index (κ2) is 3.60. The molecule has 0 aromatic heterocycles. The van der Waals surface area contributed by atoms with E-state index in [9.17, 15) is 4.79 Å². The van der Waals surface area contributed by atoms with Crippen LogP contribution in [0.5, 0.6) is 0 Å². The first-order valence-electron chi connectivity index (χ1n) is 3.56. The number of aryl methyl sites for hydroxylation is 1. The van der Waals surface area contributed by atoms with E-state index in [2.05, 4.69) is 10.0 Å². The van der Waals surface area contributed by atoms with E-state index in [0.29, 0.717) is 11.3 Å². The molecule has 0 aliphatic rings. The van der Waals surface area contributed by atoms with Gasteiger partial charge in [0.2, 0.25) is 4.91 Å². The Bertz CT molecular complexity index is 394. The van der Waals surface area contributed by atoms with Crippen LogP contribution < -0.4 is 4.91 Å². The number of carboxylic acids is 1. The molecule has 1 rings (SSSR count). The number of nitrogens with one attached hydrogen (secondary N) is 1. The molecule has 66 valence electrons. The first-order chi connectivity index (χ1) is 6.15.